The van der Waals surface area contributed by atoms with Gasteiger partial charge in [0.1, 0.15) is 30.0 Å². The highest BCUT2D eigenvalue weighted by molar-refractivity contribution is 6.17. The van der Waals surface area contributed by atoms with Crippen LogP contribution >= 0.6 is 0 Å². The summed E-state index contributed by atoms with van der Waals surface area (Å²) in [6, 6.07) is 4.59. The van der Waals surface area contributed by atoms with E-state index in [1.54, 1.807) is 0 Å². The first kappa shape index (κ1) is 55.4. The van der Waals surface area contributed by atoms with Gasteiger partial charge in [-0.2, -0.15) is 0 Å². The van der Waals surface area contributed by atoms with E-state index in [9.17, 15) is 107 Å². The fraction of sp³-hybridized carbons (Fsp3) is 0.161. The maximum atomic E-state index is 15.9. The van der Waals surface area contributed by atoms with Crippen molar-refractivity contribution in [2.24, 2.45) is 0 Å². The number of benzene rings is 7. The number of hydrogen-bond donors (Lipinski definition) is 20. The monoisotopic (exact) mass is 1210 g/mol. The summed E-state index contributed by atoms with van der Waals surface area (Å²) in [6.45, 7) is -1.64. The fourth-order valence-corrected chi connectivity index (χ4v) is 11.6. The van der Waals surface area contributed by atoms with E-state index in [1.165, 1.54) is 0 Å². The third-order valence-corrected chi connectivity index (χ3v) is 15.5. The Labute approximate surface area is 479 Å². The number of fused-ring (bicyclic) bond motifs is 8. The highest BCUT2D eigenvalue weighted by atomic mass is 16.6. The molecule has 6 aliphatic heterocycles. The van der Waals surface area contributed by atoms with Gasteiger partial charge in [-0.15, -0.1) is 0 Å². The van der Waals surface area contributed by atoms with Crippen molar-refractivity contribution in [1.29, 1.82) is 0 Å². The number of aliphatic hydroxyl groups excluding tert-OH is 1. The van der Waals surface area contributed by atoms with Crippen molar-refractivity contribution in [2.45, 2.75) is 49.0 Å². The molecule has 0 amide bonds. The number of aliphatic hydroxyl groups is 1. The van der Waals surface area contributed by atoms with Crippen LogP contribution in [0.25, 0.3) is 33.4 Å². The average Bonchev–Trinajstić information content (AvgIpc) is 1.29. The second-order valence-corrected chi connectivity index (χ2v) is 20.3. The molecule has 0 aliphatic carbocycles. The molecule has 7 aromatic rings. The number of hydrogen-bond acceptors (Lipinski definition) is 31. The van der Waals surface area contributed by atoms with E-state index in [0.29, 0.717) is 18.2 Å². The zero-order chi connectivity index (χ0) is 62.7. The summed E-state index contributed by atoms with van der Waals surface area (Å²) in [5.74, 6) is -40.6. The maximum Gasteiger partial charge on any atom is 0.340 e. The number of phenolic OH excluding ortho intramolecular Hbond substituents is 19. The summed E-state index contributed by atoms with van der Waals surface area (Å²) in [5, 5.41) is 228. The first-order chi connectivity index (χ1) is 41.0. The number of carbonyl (C=O) groups excluding carboxylic acids is 5. The number of phenols is 19. The van der Waals surface area contributed by atoms with Crippen molar-refractivity contribution >= 4 is 29.8 Å². The van der Waals surface area contributed by atoms with Crippen LogP contribution in [0.2, 0.25) is 0 Å². The quantitative estimate of drug-likeness (QED) is 0.0671. The molecule has 87 heavy (non-hydrogen) atoms. The third-order valence-electron chi connectivity index (χ3n) is 15.5. The van der Waals surface area contributed by atoms with Crippen LogP contribution in [0, 0.1) is 0 Å². The zero-order valence-electron chi connectivity index (χ0n) is 42.9. The molecule has 6 heterocycles. The number of ether oxygens (including phenoxy) is 6. The molecule has 448 valence electrons. The Balaban J connectivity index is 1.24. The summed E-state index contributed by atoms with van der Waals surface area (Å²) >= 11 is 0. The largest absolute Gasteiger partial charge is 0.507 e. The summed E-state index contributed by atoms with van der Waals surface area (Å²) in [7, 11) is 0. The van der Waals surface area contributed by atoms with Gasteiger partial charge in [0, 0.05) is 62.6 Å². The lowest BCUT2D eigenvalue weighted by atomic mass is 9.73. The Morgan fingerprint density at radius 2 is 0.805 bits per heavy atom. The van der Waals surface area contributed by atoms with E-state index in [1.807, 2.05) is 0 Å². The van der Waals surface area contributed by atoms with Gasteiger partial charge in [-0.25, -0.2) is 24.0 Å². The van der Waals surface area contributed by atoms with Gasteiger partial charge in [-0.3, -0.25) is 0 Å². The molecule has 31 heteroatoms. The van der Waals surface area contributed by atoms with E-state index in [4.69, 9.17) is 28.4 Å². The Morgan fingerprint density at radius 1 is 0.345 bits per heavy atom. The lowest BCUT2D eigenvalue weighted by molar-refractivity contribution is -0.135. The molecule has 20 N–H and O–H groups in total. The van der Waals surface area contributed by atoms with Crippen LogP contribution in [0.5, 0.6) is 115 Å². The van der Waals surface area contributed by atoms with Gasteiger partial charge in [0.25, 0.3) is 0 Å². The van der Waals surface area contributed by atoms with Crippen LogP contribution in [0.3, 0.4) is 0 Å². The molecule has 6 aliphatic rings. The SMILES string of the molecule is O=C1OC[C@H]2OC(=O)c3cc(O)c(O)c(O)c3-c3c(O)c(O)c(O)c4c3C(=O)O[C@H]([C@@H]3OC(=O)c5c-4c(O)c(O)c(O)c5[C@@H]3c3c(O)cc(O)c4c3O[C@H](c3ccc(O)c(O)c3)[C@@H](O)C4)[C@H]2OC(=O)c2cc(O)c(O)c(O)c2-c2c1cc(O)c(O)c2O. The van der Waals surface area contributed by atoms with E-state index in [-0.39, 0.29) is 11.6 Å². The molecule has 0 fully saturated rings. The van der Waals surface area contributed by atoms with Gasteiger partial charge in [0.15, 0.2) is 93.4 Å². The van der Waals surface area contributed by atoms with Crippen LogP contribution in [0.1, 0.15) is 86.1 Å². The van der Waals surface area contributed by atoms with Crippen molar-refractivity contribution in [2.75, 3.05) is 6.61 Å². The molecule has 31 nitrogen and oxygen atoms in total. The molecule has 13 rings (SSSR count). The van der Waals surface area contributed by atoms with Crippen LogP contribution in [0.15, 0.2) is 42.5 Å². The number of esters is 5. The molecule has 0 saturated heterocycles. The van der Waals surface area contributed by atoms with Gasteiger partial charge in [-0.1, -0.05) is 6.07 Å². The molecule has 0 aromatic heterocycles. The summed E-state index contributed by atoms with van der Waals surface area (Å²) < 4.78 is 35.9. The first-order valence-electron chi connectivity index (χ1n) is 25.0. The van der Waals surface area contributed by atoms with Crippen molar-refractivity contribution in [3.8, 4) is 148 Å². The molecule has 0 unspecified atom stereocenters. The minimum Gasteiger partial charge on any atom is -0.507 e. The highest BCUT2D eigenvalue weighted by Gasteiger charge is 2.58. The number of cyclic esters (lactones) is 1. The van der Waals surface area contributed by atoms with Crippen molar-refractivity contribution in [1.82, 2.24) is 0 Å². The molecule has 6 bridgehead atoms. The van der Waals surface area contributed by atoms with Gasteiger partial charge in [-0.05, 0) is 35.9 Å². The topological polar surface area (TPSA) is 545 Å². The van der Waals surface area contributed by atoms with Crippen LogP contribution < -0.4 is 4.74 Å². The van der Waals surface area contributed by atoms with Crippen LogP contribution in [0.4, 0.5) is 0 Å². The molecular formula is C56H38O31. The lowest BCUT2D eigenvalue weighted by Crippen LogP contribution is -2.56. The number of rotatable bonds is 2. The van der Waals surface area contributed by atoms with Gasteiger partial charge >= 0.3 is 29.8 Å². The van der Waals surface area contributed by atoms with Crippen molar-refractivity contribution in [3.63, 3.8) is 0 Å². The highest BCUT2D eigenvalue weighted by Crippen LogP contribution is 2.64. The Kier molecular flexibility index (Phi) is 12.1. The van der Waals surface area contributed by atoms with Crippen molar-refractivity contribution in [3.05, 3.63) is 92.5 Å². The fourth-order valence-electron chi connectivity index (χ4n) is 11.6. The zero-order valence-corrected chi connectivity index (χ0v) is 42.9. The average molecular weight is 1210 g/mol. The molecule has 0 radical (unpaired) electrons. The predicted molar refractivity (Wildman–Crippen MR) is 276 cm³/mol. The number of carbonyl (C=O) groups is 5. The van der Waals surface area contributed by atoms with E-state index < -0.39 is 278 Å². The second-order valence-electron chi connectivity index (χ2n) is 20.3. The summed E-state index contributed by atoms with van der Waals surface area (Å²) in [6.07, 6.45) is -15.7. The first-order valence-corrected chi connectivity index (χ1v) is 25.0. The Bertz CT molecular complexity index is 4350. The van der Waals surface area contributed by atoms with E-state index in [2.05, 4.69) is 0 Å². The third kappa shape index (κ3) is 7.75. The number of aromatic hydroxyl groups is 19. The Hall–Kier alpha value is -12.2. The normalized spacial score (nSPS) is 20.9. The van der Waals surface area contributed by atoms with Gasteiger partial charge < -0.3 is 131 Å². The molecular weight excluding hydrogens is 1170 g/mol. The molecule has 0 spiro atoms. The molecule has 7 aromatic carbocycles. The van der Waals surface area contributed by atoms with Crippen molar-refractivity contribution < 1.29 is 155 Å². The standard InChI is InChI=1S/C56H38O31/c57-15-2-1-10(3-17(15)59)47-22(64)4-11-16(58)8-18(60)27(48(11)84-47)32-31-34-30(43(73)46(76)44(31)74)29-33-28(41(71)45(75)42(29)72)26-14(7-21(63)37(67)40(26)70)53(78)83-23-9-82-52(77)12-5-19(61)35(65)38(68)24(12)25-13(6-20(62)36(66)39(25)69)54(79)85-49(23)51(87-56(33)81)50(32)86-55(34)80/h1-3,5-8,22-23,32,47,49-51,57-76H,4,9H2/t22-,23+,32-,47+,49-,50+,51-/m0/s1. The maximum absolute atomic E-state index is 15.9. The summed E-state index contributed by atoms with van der Waals surface area (Å²) in [5.41, 5.74) is -17.4. The van der Waals surface area contributed by atoms with Crippen LogP contribution in [-0.2, 0) is 30.1 Å². The van der Waals surface area contributed by atoms with E-state index in [0.717, 1.165) is 18.2 Å². The van der Waals surface area contributed by atoms with Gasteiger partial charge in [0.2, 0.25) is 28.7 Å². The van der Waals surface area contributed by atoms with Crippen LogP contribution in [-0.4, -0.2) is 169 Å². The molecule has 0 saturated carbocycles. The predicted octanol–water partition coefficient (Wildman–Crippen LogP) is 3.28. The second kappa shape index (κ2) is 18.9. The minimum absolute atomic E-state index is 0.140. The molecule has 7 atom stereocenters. The lowest BCUT2D eigenvalue weighted by Gasteiger charge is -2.43. The van der Waals surface area contributed by atoms with Gasteiger partial charge in [0.05, 0.1) is 39.8 Å². The summed E-state index contributed by atoms with van der Waals surface area (Å²) in [4.78, 5) is 76.2. The van der Waals surface area contributed by atoms with E-state index >= 15 is 19.2 Å². The Morgan fingerprint density at radius 3 is 1.37 bits per heavy atom. The minimum atomic E-state index is -3.01. The smallest absolute Gasteiger partial charge is 0.340 e.